The molecule has 0 fully saturated rings. The number of esters is 1. The molecule has 2 N–H and O–H groups in total. The quantitative estimate of drug-likeness (QED) is 0.652. The maximum absolute atomic E-state index is 13.9. The molecule has 0 heterocycles. The molecule has 0 amide bonds. The number of halogens is 1. The van der Waals surface area contributed by atoms with Gasteiger partial charge in [-0.15, -0.1) is 0 Å². The van der Waals surface area contributed by atoms with E-state index >= 15 is 0 Å². The Hall–Kier alpha value is -2.82. The van der Waals surface area contributed by atoms with Gasteiger partial charge in [0, 0.05) is 5.56 Å². The lowest BCUT2D eigenvalue weighted by atomic mass is 9.99. The Balaban J connectivity index is 2.40. The summed E-state index contributed by atoms with van der Waals surface area (Å²) in [6.45, 7) is 0. The molecule has 0 aromatic heterocycles. The first-order chi connectivity index (χ1) is 11.6. The Morgan fingerprint density at radius 3 is 2.42 bits per heavy atom. The molecule has 24 heavy (non-hydrogen) atoms. The van der Waals surface area contributed by atoms with Crippen LogP contribution in [0, 0.1) is 5.82 Å². The van der Waals surface area contributed by atoms with Crippen LogP contribution in [0.3, 0.4) is 0 Å². The number of methoxy groups -OCH3 is 2. The molecular formula is C19H20FNO3. The summed E-state index contributed by atoms with van der Waals surface area (Å²) in [6.07, 6.45) is 0.992. The van der Waals surface area contributed by atoms with Crippen LogP contribution in [0.2, 0.25) is 0 Å². The molecular weight excluding hydrogens is 309 g/mol. The van der Waals surface area contributed by atoms with Crippen molar-refractivity contribution in [1.29, 1.82) is 0 Å². The molecule has 0 atom stereocenters. The van der Waals surface area contributed by atoms with Crippen LogP contribution in [0.1, 0.15) is 17.5 Å². The van der Waals surface area contributed by atoms with Crippen LogP contribution in [-0.2, 0) is 16.0 Å². The van der Waals surface area contributed by atoms with Gasteiger partial charge in [0.05, 0.1) is 25.5 Å². The Morgan fingerprint density at radius 1 is 1.08 bits per heavy atom. The largest absolute Gasteiger partial charge is 0.493 e. The van der Waals surface area contributed by atoms with E-state index in [1.54, 1.807) is 6.07 Å². The normalized spacial score (nSPS) is 11.6. The Bertz CT molecular complexity index is 742. The fourth-order valence-corrected chi connectivity index (χ4v) is 2.47. The summed E-state index contributed by atoms with van der Waals surface area (Å²) >= 11 is 0. The van der Waals surface area contributed by atoms with Gasteiger partial charge in [-0.2, -0.15) is 0 Å². The monoisotopic (exact) mass is 329 g/mol. The SMILES string of the molecule is COC(=O)/C(CCc1ccccc1)=C(\N)c1cccc(F)c1OC. The van der Waals surface area contributed by atoms with Crippen LogP contribution < -0.4 is 10.5 Å². The van der Waals surface area contributed by atoms with Gasteiger partial charge in [-0.05, 0) is 30.5 Å². The molecule has 0 spiro atoms. The highest BCUT2D eigenvalue weighted by molar-refractivity contribution is 5.97. The maximum Gasteiger partial charge on any atom is 0.335 e. The van der Waals surface area contributed by atoms with Crippen molar-refractivity contribution < 1.29 is 18.7 Å². The highest BCUT2D eigenvalue weighted by Gasteiger charge is 2.19. The fourth-order valence-electron chi connectivity index (χ4n) is 2.47. The molecule has 0 unspecified atom stereocenters. The second-order valence-corrected chi connectivity index (χ2v) is 5.19. The van der Waals surface area contributed by atoms with Crippen LogP contribution in [0.5, 0.6) is 5.75 Å². The molecule has 0 radical (unpaired) electrons. The van der Waals surface area contributed by atoms with Crippen molar-refractivity contribution in [1.82, 2.24) is 0 Å². The van der Waals surface area contributed by atoms with Crippen molar-refractivity contribution in [2.24, 2.45) is 5.73 Å². The van der Waals surface area contributed by atoms with Gasteiger partial charge < -0.3 is 15.2 Å². The number of aryl methyl sites for hydroxylation is 1. The molecule has 0 saturated heterocycles. The lowest BCUT2D eigenvalue weighted by Crippen LogP contribution is -2.14. The van der Waals surface area contributed by atoms with Crippen LogP contribution in [0.25, 0.3) is 5.70 Å². The number of ether oxygens (including phenoxy) is 2. The molecule has 2 aromatic carbocycles. The van der Waals surface area contributed by atoms with Gasteiger partial charge in [-0.3, -0.25) is 0 Å². The molecule has 2 rings (SSSR count). The van der Waals surface area contributed by atoms with Gasteiger partial charge in [0.1, 0.15) is 0 Å². The van der Waals surface area contributed by atoms with Crippen molar-refractivity contribution in [2.75, 3.05) is 14.2 Å². The van der Waals surface area contributed by atoms with E-state index in [9.17, 15) is 9.18 Å². The zero-order chi connectivity index (χ0) is 17.5. The predicted octanol–water partition coefficient (Wildman–Crippen LogP) is 3.31. The van der Waals surface area contributed by atoms with Crippen molar-refractivity contribution in [3.8, 4) is 5.75 Å². The fraction of sp³-hybridized carbons (Fsp3) is 0.211. The van der Waals surface area contributed by atoms with E-state index in [0.29, 0.717) is 24.0 Å². The van der Waals surface area contributed by atoms with Gasteiger partial charge in [0.2, 0.25) is 0 Å². The first kappa shape index (κ1) is 17.5. The lowest BCUT2D eigenvalue weighted by Gasteiger charge is -2.14. The third-order valence-electron chi connectivity index (χ3n) is 3.72. The van der Waals surface area contributed by atoms with E-state index in [2.05, 4.69) is 0 Å². The predicted molar refractivity (Wildman–Crippen MR) is 90.8 cm³/mol. The first-order valence-corrected chi connectivity index (χ1v) is 7.52. The summed E-state index contributed by atoms with van der Waals surface area (Å²) in [5.41, 5.74) is 8.02. The molecule has 0 aliphatic heterocycles. The van der Waals surface area contributed by atoms with E-state index < -0.39 is 11.8 Å². The molecule has 2 aromatic rings. The highest BCUT2D eigenvalue weighted by atomic mass is 19.1. The molecule has 0 aliphatic carbocycles. The van der Waals surface area contributed by atoms with Crippen molar-refractivity contribution in [3.63, 3.8) is 0 Å². The lowest BCUT2D eigenvalue weighted by molar-refractivity contribution is -0.136. The number of hydrogen-bond donors (Lipinski definition) is 1. The Morgan fingerprint density at radius 2 is 1.79 bits per heavy atom. The summed E-state index contributed by atoms with van der Waals surface area (Å²) < 4.78 is 23.8. The number of nitrogens with two attached hydrogens (primary N) is 1. The minimum Gasteiger partial charge on any atom is -0.493 e. The van der Waals surface area contributed by atoms with Gasteiger partial charge in [0.15, 0.2) is 11.6 Å². The van der Waals surface area contributed by atoms with Crippen molar-refractivity contribution >= 4 is 11.7 Å². The van der Waals surface area contributed by atoms with Crippen LogP contribution >= 0.6 is 0 Å². The molecule has 126 valence electrons. The summed E-state index contributed by atoms with van der Waals surface area (Å²) in [5.74, 6) is -1.06. The van der Waals surface area contributed by atoms with E-state index in [0.717, 1.165) is 5.56 Å². The third-order valence-corrected chi connectivity index (χ3v) is 3.72. The number of para-hydroxylation sites is 1. The molecule has 0 bridgehead atoms. The van der Waals surface area contributed by atoms with Crippen molar-refractivity contribution in [2.45, 2.75) is 12.8 Å². The summed E-state index contributed by atoms with van der Waals surface area (Å²) in [6, 6.07) is 14.1. The molecule has 0 aliphatic rings. The second-order valence-electron chi connectivity index (χ2n) is 5.19. The minimum absolute atomic E-state index is 0.0103. The minimum atomic E-state index is -0.537. The first-order valence-electron chi connectivity index (χ1n) is 7.52. The van der Waals surface area contributed by atoms with E-state index in [1.165, 1.54) is 26.4 Å². The van der Waals surface area contributed by atoms with E-state index in [1.807, 2.05) is 30.3 Å². The average Bonchev–Trinajstić information content (AvgIpc) is 2.62. The molecule has 5 heteroatoms. The van der Waals surface area contributed by atoms with Gasteiger partial charge in [-0.25, -0.2) is 9.18 Å². The van der Waals surface area contributed by atoms with Crippen LogP contribution in [-0.4, -0.2) is 20.2 Å². The maximum atomic E-state index is 13.9. The van der Waals surface area contributed by atoms with E-state index in [4.69, 9.17) is 15.2 Å². The summed E-state index contributed by atoms with van der Waals surface area (Å²) in [7, 11) is 2.65. The third kappa shape index (κ3) is 3.93. The topological polar surface area (TPSA) is 61.5 Å². The Labute approximate surface area is 140 Å². The van der Waals surface area contributed by atoms with Gasteiger partial charge >= 0.3 is 5.97 Å². The number of hydrogen-bond acceptors (Lipinski definition) is 4. The second kappa shape index (κ2) is 8.15. The zero-order valence-corrected chi connectivity index (χ0v) is 13.7. The zero-order valence-electron chi connectivity index (χ0n) is 13.7. The standard InChI is InChI=1S/C19H20FNO3/c1-23-18-14(9-6-10-16(18)20)17(21)15(19(22)24-2)12-11-13-7-4-3-5-8-13/h3-10H,11-12,21H2,1-2H3/b17-15-. The molecule has 0 saturated carbocycles. The number of carbonyl (C=O) groups is 1. The summed E-state index contributed by atoms with van der Waals surface area (Å²) in [4.78, 5) is 12.1. The van der Waals surface area contributed by atoms with Crippen LogP contribution in [0.4, 0.5) is 4.39 Å². The van der Waals surface area contributed by atoms with Gasteiger partial charge in [0.25, 0.3) is 0 Å². The smallest absolute Gasteiger partial charge is 0.335 e. The number of rotatable bonds is 6. The highest BCUT2D eigenvalue weighted by Crippen LogP contribution is 2.29. The molecule has 4 nitrogen and oxygen atoms in total. The number of benzene rings is 2. The summed E-state index contributed by atoms with van der Waals surface area (Å²) in [5, 5.41) is 0. The van der Waals surface area contributed by atoms with Crippen LogP contribution in [0.15, 0.2) is 54.1 Å². The number of carbonyl (C=O) groups excluding carboxylic acids is 1. The average molecular weight is 329 g/mol. The van der Waals surface area contributed by atoms with E-state index in [-0.39, 0.29) is 11.4 Å². The Kier molecular flexibility index (Phi) is 5.95. The van der Waals surface area contributed by atoms with Crippen molar-refractivity contribution in [3.05, 3.63) is 71.0 Å². The van der Waals surface area contributed by atoms with Gasteiger partial charge in [-0.1, -0.05) is 36.4 Å².